The van der Waals surface area contributed by atoms with Crippen LogP contribution in [-0.2, 0) is 11.3 Å². The summed E-state index contributed by atoms with van der Waals surface area (Å²) in [6.07, 6.45) is 0. The summed E-state index contributed by atoms with van der Waals surface area (Å²) in [4.78, 5) is 15.7. The number of hydrogen-bond acceptors (Lipinski definition) is 3. The smallest absolute Gasteiger partial charge is 0.257 e. The number of nitrogens with zero attached hydrogens (tertiary/aromatic N) is 1. The van der Waals surface area contributed by atoms with E-state index in [1.54, 1.807) is 0 Å². The Morgan fingerprint density at radius 3 is 2.65 bits per heavy atom. The minimum absolute atomic E-state index is 0. The second kappa shape index (κ2) is 10.3. The first-order chi connectivity index (χ1) is 10.3. The summed E-state index contributed by atoms with van der Waals surface area (Å²) in [5.74, 6) is 0.909. The maximum Gasteiger partial charge on any atom is 0.257 e. The average Bonchev–Trinajstić information content (AvgIpc) is 2.42. The maximum atomic E-state index is 11.4. The number of rotatable bonds is 6. The molecule has 0 aromatic heterocycles. The molecule has 0 atom stereocenters. The second-order valence-electron chi connectivity index (χ2n) is 5.97. The highest BCUT2D eigenvalue weighted by Crippen LogP contribution is 2.14. The molecule has 1 rings (SSSR count). The van der Waals surface area contributed by atoms with E-state index >= 15 is 0 Å². The van der Waals surface area contributed by atoms with Gasteiger partial charge in [0, 0.05) is 12.1 Å². The predicted molar refractivity (Wildman–Crippen MR) is 104 cm³/mol. The molecule has 23 heavy (non-hydrogen) atoms. The highest BCUT2D eigenvalue weighted by atomic mass is 127. The van der Waals surface area contributed by atoms with Crippen LogP contribution in [0, 0.1) is 0 Å². The maximum absolute atomic E-state index is 11.4. The van der Waals surface area contributed by atoms with Gasteiger partial charge in [0.25, 0.3) is 5.91 Å². The zero-order valence-electron chi connectivity index (χ0n) is 14.2. The Labute approximate surface area is 155 Å². The van der Waals surface area contributed by atoms with E-state index < -0.39 is 0 Å². The number of carbonyl (C=O) groups is 1. The topological polar surface area (TPSA) is 88.7 Å². The first-order valence-corrected chi connectivity index (χ1v) is 7.36. The van der Waals surface area contributed by atoms with Crippen LogP contribution < -0.4 is 21.1 Å². The highest BCUT2D eigenvalue weighted by Gasteiger charge is 2.09. The number of likely N-dealkylation sites (N-methyl/N-ethyl adjacent to an activating group) is 1. The van der Waals surface area contributed by atoms with Crippen LogP contribution in [0.3, 0.4) is 0 Å². The van der Waals surface area contributed by atoms with Crippen molar-refractivity contribution in [1.29, 1.82) is 0 Å². The Morgan fingerprint density at radius 2 is 2.04 bits per heavy atom. The number of nitrogens with two attached hydrogens (primary N) is 1. The Bertz CT molecular complexity index is 527. The quantitative estimate of drug-likeness (QED) is 0.363. The molecule has 0 aliphatic heterocycles. The zero-order chi connectivity index (χ0) is 16.6. The molecule has 0 radical (unpaired) electrons. The molecule has 1 aromatic rings. The summed E-state index contributed by atoms with van der Waals surface area (Å²) in [7, 11) is 0. The molecule has 0 fully saturated rings. The van der Waals surface area contributed by atoms with E-state index in [-0.39, 0.29) is 42.0 Å². The van der Waals surface area contributed by atoms with Gasteiger partial charge in [-0.05, 0) is 45.4 Å². The lowest BCUT2D eigenvalue weighted by Gasteiger charge is -2.21. The van der Waals surface area contributed by atoms with E-state index in [1.807, 2.05) is 52.0 Å². The summed E-state index contributed by atoms with van der Waals surface area (Å²) >= 11 is 0. The number of carbonyl (C=O) groups excluding carboxylic acids is 1. The number of halogens is 1. The first kappa shape index (κ1) is 21.5. The van der Waals surface area contributed by atoms with Gasteiger partial charge in [-0.3, -0.25) is 4.79 Å². The van der Waals surface area contributed by atoms with E-state index in [4.69, 9.17) is 10.5 Å². The van der Waals surface area contributed by atoms with Crippen molar-refractivity contribution < 1.29 is 9.53 Å². The molecular weight excluding hydrogens is 407 g/mol. The van der Waals surface area contributed by atoms with E-state index in [2.05, 4.69) is 15.6 Å². The van der Waals surface area contributed by atoms with Gasteiger partial charge in [-0.15, -0.1) is 24.0 Å². The first-order valence-electron chi connectivity index (χ1n) is 7.36. The van der Waals surface area contributed by atoms with Crippen molar-refractivity contribution in [2.75, 3.05) is 13.2 Å². The average molecular weight is 434 g/mol. The van der Waals surface area contributed by atoms with Crippen LogP contribution in [0.15, 0.2) is 29.3 Å². The van der Waals surface area contributed by atoms with Crippen LogP contribution in [0.1, 0.15) is 33.3 Å². The lowest BCUT2D eigenvalue weighted by molar-refractivity contribution is -0.122. The van der Waals surface area contributed by atoms with E-state index in [0.717, 1.165) is 5.56 Å². The lowest BCUT2D eigenvalue weighted by Crippen LogP contribution is -2.44. The fourth-order valence-corrected chi connectivity index (χ4v) is 1.73. The fourth-order valence-electron chi connectivity index (χ4n) is 1.73. The minimum Gasteiger partial charge on any atom is -0.484 e. The van der Waals surface area contributed by atoms with Gasteiger partial charge in [-0.2, -0.15) is 0 Å². The zero-order valence-corrected chi connectivity index (χ0v) is 16.5. The molecule has 0 aliphatic carbocycles. The van der Waals surface area contributed by atoms with Crippen LogP contribution in [0.4, 0.5) is 0 Å². The molecule has 7 heteroatoms. The van der Waals surface area contributed by atoms with E-state index in [0.29, 0.717) is 24.8 Å². The number of hydrogen-bond donors (Lipinski definition) is 3. The van der Waals surface area contributed by atoms with Gasteiger partial charge in [0.1, 0.15) is 5.75 Å². The SMILES string of the molecule is CCNC(=O)COc1cccc(CN=C(N)NC(C)(C)C)c1.I. The van der Waals surface area contributed by atoms with Gasteiger partial charge in [0.05, 0.1) is 6.54 Å². The van der Waals surface area contributed by atoms with Crippen LogP contribution in [0.2, 0.25) is 0 Å². The number of guanidine groups is 1. The van der Waals surface area contributed by atoms with Crippen LogP contribution in [0.25, 0.3) is 0 Å². The second-order valence-corrected chi connectivity index (χ2v) is 5.97. The summed E-state index contributed by atoms with van der Waals surface area (Å²) in [5.41, 5.74) is 6.68. The number of benzene rings is 1. The molecule has 0 saturated heterocycles. The van der Waals surface area contributed by atoms with Crippen LogP contribution in [0.5, 0.6) is 5.75 Å². The van der Waals surface area contributed by atoms with Crippen LogP contribution >= 0.6 is 24.0 Å². The third kappa shape index (κ3) is 9.98. The third-order valence-electron chi connectivity index (χ3n) is 2.58. The molecule has 4 N–H and O–H groups in total. The van der Waals surface area contributed by atoms with Gasteiger partial charge in [-0.1, -0.05) is 12.1 Å². The number of nitrogens with one attached hydrogen (secondary N) is 2. The lowest BCUT2D eigenvalue weighted by atomic mass is 10.1. The normalized spacial score (nSPS) is 11.4. The molecule has 0 aliphatic rings. The van der Waals surface area contributed by atoms with Crippen molar-refractivity contribution in [1.82, 2.24) is 10.6 Å². The molecule has 1 aromatic carbocycles. The van der Waals surface area contributed by atoms with Crippen molar-refractivity contribution in [3.05, 3.63) is 29.8 Å². The highest BCUT2D eigenvalue weighted by molar-refractivity contribution is 14.0. The van der Waals surface area contributed by atoms with Gasteiger partial charge in [0.15, 0.2) is 12.6 Å². The van der Waals surface area contributed by atoms with Gasteiger partial charge in [0.2, 0.25) is 0 Å². The molecule has 0 bridgehead atoms. The molecule has 6 nitrogen and oxygen atoms in total. The van der Waals surface area contributed by atoms with Crippen molar-refractivity contribution in [2.45, 2.75) is 39.8 Å². The van der Waals surface area contributed by atoms with Crippen molar-refractivity contribution in [2.24, 2.45) is 10.7 Å². The molecule has 0 spiro atoms. The van der Waals surface area contributed by atoms with E-state index in [9.17, 15) is 4.79 Å². The predicted octanol–water partition coefficient (Wildman–Crippen LogP) is 2.02. The molecule has 0 unspecified atom stereocenters. The molecule has 1 amide bonds. The van der Waals surface area contributed by atoms with Gasteiger partial charge >= 0.3 is 0 Å². The van der Waals surface area contributed by atoms with Crippen molar-refractivity contribution >= 4 is 35.8 Å². The van der Waals surface area contributed by atoms with Gasteiger partial charge < -0.3 is 21.1 Å². The van der Waals surface area contributed by atoms with Gasteiger partial charge in [-0.25, -0.2) is 4.99 Å². The summed E-state index contributed by atoms with van der Waals surface area (Å²) < 4.78 is 5.44. The van der Waals surface area contributed by atoms with Crippen molar-refractivity contribution in [3.8, 4) is 5.75 Å². The molecule has 0 saturated carbocycles. The monoisotopic (exact) mass is 434 g/mol. The Morgan fingerprint density at radius 1 is 1.35 bits per heavy atom. The third-order valence-corrected chi connectivity index (χ3v) is 2.58. The largest absolute Gasteiger partial charge is 0.484 e. The number of amides is 1. The Hall–Kier alpha value is -1.51. The van der Waals surface area contributed by atoms with E-state index in [1.165, 1.54) is 0 Å². The summed E-state index contributed by atoms with van der Waals surface area (Å²) in [6.45, 7) is 8.98. The summed E-state index contributed by atoms with van der Waals surface area (Å²) in [5, 5.41) is 5.78. The van der Waals surface area contributed by atoms with Crippen LogP contribution in [-0.4, -0.2) is 30.6 Å². The minimum atomic E-state index is -0.135. The molecular formula is C16H27IN4O2. The fraction of sp³-hybridized carbons (Fsp3) is 0.500. The number of ether oxygens (including phenoxy) is 1. The Kier molecular flexibility index (Phi) is 9.62. The molecule has 0 heterocycles. The summed E-state index contributed by atoms with van der Waals surface area (Å²) in [6, 6.07) is 7.47. The van der Waals surface area contributed by atoms with Crippen molar-refractivity contribution in [3.63, 3.8) is 0 Å². The Balaban J connectivity index is 0.00000484. The standard InChI is InChI=1S/C16H26N4O2.HI/c1-5-18-14(21)11-22-13-8-6-7-12(9-13)10-19-15(17)20-16(2,3)4;/h6-9H,5,10-11H2,1-4H3,(H,18,21)(H3,17,19,20);1H. The number of aliphatic imine (C=N–C) groups is 1. The molecule has 130 valence electrons.